The number of hydrogen-bond acceptors (Lipinski definition) is 2. The van der Waals surface area contributed by atoms with Crippen molar-refractivity contribution in [2.24, 2.45) is 0 Å². The quantitative estimate of drug-likeness (QED) is 0.662. The number of aliphatic hydroxyl groups is 1. The van der Waals surface area contributed by atoms with E-state index in [0.29, 0.717) is 12.1 Å². The molecule has 12 heavy (non-hydrogen) atoms. The summed E-state index contributed by atoms with van der Waals surface area (Å²) in [6.07, 6.45) is 4.48. The lowest BCUT2D eigenvalue weighted by Crippen LogP contribution is -2.52. The molecule has 0 radical (unpaired) electrons. The third-order valence-electron chi connectivity index (χ3n) is 2.71. The van der Waals surface area contributed by atoms with Gasteiger partial charge in [0.1, 0.15) is 0 Å². The van der Waals surface area contributed by atoms with E-state index in [1.54, 1.807) is 0 Å². The van der Waals surface area contributed by atoms with Gasteiger partial charge in [-0.15, -0.1) is 0 Å². The maximum Gasteiger partial charge on any atom is 0.0772 e. The van der Waals surface area contributed by atoms with Crippen molar-refractivity contribution in [3.05, 3.63) is 0 Å². The van der Waals surface area contributed by atoms with Crippen LogP contribution >= 0.6 is 0 Å². The van der Waals surface area contributed by atoms with Crippen molar-refractivity contribution < 1.29 is 5.11 Å². The molecule has 1 aliphatic rings. The summed E-state index contributed by atoms with van der Waals surface area (Å²) in [5, 5.41) is 13.4. The Morgan fingerprint density at radius 3 is 2.58 bits per heavy atom. The largest absolute Gasteiger partial charge is 0.389 e. The Morgan fingerprint density at radius 2 is 2.08 bits per heavy atom. The van der Waals surface area contributed by atoms with Crippen molar-refractivity contribution in [1.82, 2.24) is 5.32 Å². The molecule has 2 atom stereocenters. The minimum Gasteiger partial charge on any atom is -0.389 e. The smallest absolute Gasteiger partial charge is 0.0772 e. The first kappa shape index (κ1) is 10.0. The maximum atomic E-state index is 10.0. The average Bonchev–Trinajstić information content (AvgIpc) is 1.92. The fourth-order valence-corrected chi connectivity index (χ4v) is 1.98. The highest BCUT2D eigenvalue weighted by Gasteiger charge is 2.34. The van der Waals surface area contributed by atoms with Crippen LogP contribution in [0.3, 0.4) is 0 Å². The van der Waals surface area contributed by atoms with Crippen molar-refractivity contribution in [3.63, 3.8) is 0 Å². The molecule has 1 fully saturated rings. The molecule has 2 N–H and O–H groups in total. The van der Waals surface area contributed by atoms with E-state index < -0.39 is 5.60 Å². The van der Waals surface area contributed by atoms with Gasteiger partial charge in [0.25, 0.3) is 0 Å². The highest BCUT2D eigenvalue weighted by molar-refractivity contribution is 4.91. The van der Waals surface area contributed by atoms with E-state index in [0.717, 1.165) is 12.8 Å². The van der Waals surface area contributed by atoms with Gasteiger partial charge in [0.15, 0.2) is 0 Å². The summed E-state index contributed by atoms with van der Waals surface area (Å²) in [6, 6.07) is 0.769. The van der Waals surface area contributed by atoms with E-state index in [1.807, 2.05) is 6.92 Å². The van der Waals surface area contributed by atoms with Crippen molar-refractivity contribution in [3.8, 4) is 0 Å². The Bertz CT molecular complexity index is 143. The Hall–Kier alpha value is -0.0800. The van der Waals surface area contributed by atoms with Crippen LogP contribution in [0.2, 0.25) is 0 Å². The second kappa shape index (κ2) is 3.75. The van der Waals surface area contributed by atoms with Crippen LogP contribution in [0, 0.1) is 0 Å². The van der Waals surface area contributed by atoms with Gasteiger partial charge in [0.05, 0.1) is 5.60 Å². The van der Waals surface area contributed by atoms with E-state index in [2.05, 4.69) is 19.2 Å². The lowest BCUT2D eigenvalue weighted by Gasteiger charge is -2.38. The van der Waals surface area contributed by atoms with Gasteiger partial charge in [-0.1, -0.05) is 26.7 Å². The summed E-state index contributed by atoms with van der Waals surface area (Å²) in [5.41, 5.74) is -0.484. The Balaban J connectivity index is 2.48. The molecule has 0 aromatic heterocycles. The fourth-order valence-electron chi connectivity index (χ4n) is 1.98. The predicted octanol–water partition coefficient (Wildman–Crippen LogP) is 1.68. The van der Waals surface area contributed by atoms with Crippen molar-refractivity contribution in [2.75, 3.05) is 0 Å². The third-order valence-corrected chi connectivity index (χ3v) is 2.71. The zero-order valence-electron chi connectivity index (χ0n) is 8.43. The van der Waals surface area contributed by atoms with Gasteiger partial charge in [0.2, 0.25) is 0 Å². The van der Waals surface area contributed by atoms with E-state index in [-0.39, 0.29) is 0 Å². The molecule has 0 heterocycles. The van der Waals surface area contributed by atoms with E-state index in [9.17, 15) is 5.11 Å². The van der Waals surface area contributed by atoms with E-state index in [1.165, 1.54) is 12.8 Å². The van der Waals surface area contributed by atoms with Crippen molar-refractivity contribution >= 4 is 0 Å². The summed E-state index contributed by atoms with van der Waals surface area (Å²) < 4.78 is 0. The van der Waals surface area contributed by atoms with Crippen LogP contribution in [0.15, 0.2) is 0 Å². The molecule has 0 bridgehead atoms. The topological polar surface area (TPSA) is 32.3 Å². The second-order valence-corrected chi connectivity index (χ2v) is 4.48. The molecule has 1 aliphatic carbocycles. The molecule has 0 spiro atoms. The number of nitrogens with one attached hydrogen (secondary N) is 1. The van der Waals surface area contributed by atoms with E-state index in [4.69, 9.17) is 0 Å². The van der Waals surface area contributed by atoms with Crippen molar-refractivity contribution in [2.45, 2.75) is 64.1 Å². The molecular weight excluding hydrogens is 150 g/mol. The lowest BCUT2D eigenvalue weighted by molar-refractivity contribution is -0.0126. The molecule has 0 aromatic carbocycles. The number of hydrogen-bond donors (Lipinski definition) is 2. The molecule has 0 unspecified atom stereocenters. The highest BCUT2D eigenvalue weighted by atomic mass is 16.3. The molecular formula is C10H21NO. The summed E-state index contributed by atoms with van der Waals surface area (Å²) >= 11 is 0. The molecule has 2 nitrogen and oxygen atoms in total. The third kappa shape index (κ3) is 2.46. The minimum atomic E-state index is -0.484. The van der Waals surface area contributed by atoms with Gasteiger partial charge in [-0.3, -0.25) is 0 Å². The Kier molecular flexibility index (Phi) is 3.13. The van der Waals surface area contributed by atoms with Crippen molar-refractivity contribution in [1.29, 1.82) is 0 Å². The second-order valence-electron chi connectivity index (χ2n) is 4.48. The molecule has 0 aromatic rings. The minimum absolute atomic E-state index is 0.297. The summed E-state index contributed by atoms with van der Waals surface area (Å²) in [4.78, 5) is 0. The van der Waals surface area contributed by atoms with Crippen LogP contribution in [0.1, 0.15) is 46.5 Å². The van der Waals surface area contributed by atoms with Gasteiger partial charge >= 0.3 is 0 Å². The molecule has 0 saturated heterocycles. The molecule has 0 amide bonds. The van der Waals surface area contributed by atoms with Gasteiger partial charge in [0, 0.05) is 12.1 Å². The first-order valence-electron chi connectivity index (χ1n) is 5.01. The van der Waals surface area contributed by atoms with Crippen LogP contribution in [0.4, 0.5) is 0 Å². The van der Waals surface area contributed by atoms with Gasteiger partial charge in [-0.2, -0.15) is 0 Å². The van der Waals surface area contributed by atoms with Crippen LogP contribution in [-0.4, -0.2) is 22.8 Å². The average molecular weight is 171 g/mol. The molecule has 72 valence electrons. The van der Waals surface area contributed by atoms with Gasteiger partial charge in [-0.25, -0.2) is 0 Å². The zero-order valence-corrected chi connectivity index (χ0v) is 8.43. The zero-order chi connectivity index (χ0) is 9.19. The molecule has 2 heteroatoms. The molecule has 1 saturated carbocycles. The van der Waals surface area contributed by atoms with Gasteiger partial charge < -0.3 is 10.4 Å². The summed E-state index contributed by atoms with van der Waals surface area (Å²) in [5.74, 6) is 0. The standard InChI is InChI=1S/C10H21NO/c1-8(2)11-9-6-4-5-7-10(9,3)12/h8-9,11-12H,4-7H2,1-3H3/t9-,10-/m0/s1. The highest BCUT2D eigenvalue weighted by Crippen LogP contribution is 2.28. The van der Waals surface area contributed by atoms with Gasteiger partial charge in [-0.05, 0) is 19.8 Å². The van der Waals surface area contributed by atoms with Crippen LogP contribution in [0.5, 0.6) is 0 Å². The Morgan fingerprint density at radius 1 is 1.42 bits per heavy atom. The molecule has 0 aliphatic heterocycles. The summed E-state index contributed by atoms with van der Waals surface area (Å²) in [7, 11) is 0. The van der Waals surface area contributed by atoms with E-state index >= 15 is 0 Å². The first-order valence-corrected chi connectivity index (χ1v) is 5.01. The molecule has 1 rings (SSSR count). The van der Waals surface area contributed by atoms with Crippen LogP contribution in [-0.2, 0) is 0 Å². The fraction of sp³-hybridized carbons (Fsp3) is 1.00. The maximum absolute atomic E-state index is 10.0. The monoisotopic (exact) mass is 171 g/mol. The lowest BCUT2D eigenvalue weighted by atomic mass is 9.81. The first-order chi connectivity index (χ1) is 5.52. The predicted molar refractivity (Wildman–Crippen MR) is 51.2 cm³/mol. The van der Waals surface area contributed by atoms with Crippen LogP contribution < -0.4 is 5.32 Å². The normalized spacial score (nSPS) is 37.2. The Labute approximate surface area is 75.4 Å². The SMILES string of the molecule is CC(C)N[C@H]1CCCC[C@]1(C)O. The number of rotatable bonds is 2. The summed E-state index contributed by atoms with van der Waals surface area (Å²) in [6.45, 7) is 6.21. The van der Waals surface area contributed by atoms with Crippen LogP contribution in [0.25, 0.3) is 0 Å².